The molecule has 9 heteroatoms. The van der Waals surface area contributed by atoms with Gasteiger partial charge >= 0.3 is 0 Å². The number of tetrazole rings is 1. The summed E-state index contributed by atoms with van der Waals surface area (Å²) in [4.78, 5) is 16.2. The molecule has 2 aromatic rings. The van der Waals surface area contributed by atoms with Gasteiger partial charge in [0, 0.05) is 25.3 Å². The van der Waals surface area contributed by atoms with E-state index in [4.69, 9.17) is 9.47 Å². The molecule has 1 aliphatic rings. The van der Waals surface area contributed by atoms with E-state index in [-0.39, 0.29) is 18.1 Å². The van der Waals surface area contributed by atoms with Crippen molar-refractivity contribution in [2.24, 2.45) is 0 Å². The number of hydrogen-bond acceptors (Lipinski definition) is 7. The van der Waals surface area contributed by atoms with Crippen LogP contribution >= 0.6 is 0 Å². The van der Waals surface area contributed by atoms with Crippen molar-refractivity contribution in [1.29, 1.82) is 0 Å². The summed E-state index contributed by atoms with van der Waals surface area (Å²) in [6, 6.07) is 5.35. The van der Waals surface area contributed by atoms with Crippen LogP contribution in [0.1, 0.15) is 12.8 Å². The lowest BCUT2D eigenvalue weighted by molar-refractivity contribution is -0.124. The van der Waals surface area contributed by atoms with Crippen molar-refractivity contribution in [2.45, 2.75) is 31.5 Å². The van der Waals surface area contributed by atoms with Gasteiger partial charge in [-0.3, -0.25) is 4.79 Å². The Morgan fingerprint density at radius 3 is 3.22 bits per heavy atom. The minimum absolute atomic E-state index is 0.0676. The molecular formula is C14H18N6O3. The Kier molecular flexibility index (Phi) is 5.09. The van der Waals surface area contributed by atoms with Crippen LogP contribution in [0.3, 0.4) is 0 Å². The second-order valence-corrected chi connectivity index (χ2v) is 5.18. The third-order valence-electron chi connectivity index (χ3n) is 3.52. The van der Waals surface area contributed by atoms with Crippen molar-refractivity contribution >= 4 is 5.91 Å². The first-order valence-corrected chi connectivity index (χ1v) is 7.47. The molecule has 0 unspecified atom stereocenters. The van der Waals surface area contributed by atoms with Crippen molar-refractivity contribution in [3.63, 3.8) is 0 Å². The van der Waals surface area contributed by atoms with E-state index in [0.717, 1.165) is 0 Å². The largest absolute Gasteiger partial charge is 0.470 e. The molecule has 2 atom stereocenters. The number of nitrogens with zero attached hydrogens (tertiary/aromatic N) is 5. The molecular weight excluding hydrogens is 300 g/mol. The van der Waals surface area contributed by atoms with Crippen molar-refractivity contribution < 1.29 is 14.3 Å². The number of ether oxygens (including phenoxy) is 2. The molecule has 1 N–H and O–H groups in total. The highest BCUT2D eigenvalue weighted by Gasteiger charge is 2.29. The van der Waals surface area contributed by atoms with Gasteiger partial charge < -0.3 is 14.8 Å². The topological polar surface area (TPSA) is 104 Å². The van der Waals surface area contributed by atoms with Gasteiger partial charge in [-0.25, -0.2) is 9.67 Å². The van der Waals surface area contributed by atoms with Crippen LogP contribution in [0.15, 0.2) is 30.7 Å². The Balaban J connectivity index is 1.52. The van der Waals surface area contributed by atoms with Gasteiger partial charge in [0.1, 0.15) is 12.4 Å². The van der Waals surface area contributed by atoms with E-state index in [1.165, 1.54) is 11.0 Å². The van der Waals surface area contributed by atoms with Crippen LogP contribution in [0.5, 0.6) is 5.88 Å². The number of hydrogen-bond donors (Lipinski definition) is 1. The molecule has 3 heterocycles. The molecule has 9 nitrogen and oxygen atoms in total. The van der Waals surface area contributed by atoms with Gasteiger partial charge in [-0.2, -0.15) is 0 Å². The van der Waals surface area contributed by atoms with E-state index >= 15 is 0 Å². The van der Waals surface area contributed by atoms with Crippen molar-refractivity contribution in [3.05, 3.63) is 30.7 Å². The number of aromatic nitrogens is 5. The van der Waals surface area contributed by atoms with Gasteiger partial charge in [0.15, 0.2) is 0 Å². The summed E-state index contributed by atoms with van der Waals surface area (Å²) in [7, 11) is 0. The number of aryl methyl sites for hydroxylation is 1. The minimum atomic E-state index is -0.254. The molecule has 0 radical (unpaired) electrons. The Bertz CT molecular complexity index is 606. The van der Waals surface area contributed by atoms with Crippen LogP contribution < -0.4 is 10.1 Å². The summed E-state index contributed by atoms with van der Waals surface area (Å²) in [6.07, 6.45) is 3.90. The summed E-state index contributed by atoms with van der Waals surface area (Å²) < 4.78 is 12.8. The van der Waals surface area contributed by atoms with Gasteiger partial charge in [-0.1, -0.05) is 6.07 Å². The molecule has 0 saturated carbocycles. The number of carbonyl (C=O) groups excluding carboxylic acids is 1. The predicted octanol–water partition coefficient (Wildman–Crippen LogP) is -0.189. The summed E-state index contributed by atoms with van der Waals surface area (Å²) >= 11 is 0. The minimum Gasteiger partial charge on any atom is -0.470 e. The van der Waals surface area contributed by atoms with E-state index in [0.29, 0.717) is 38.5 Å². The number of carbonyl (C=O) groups is 1. The smallest absolute Gasteiger partial charge is 0.222 e. The van der Waals surface area contributed by atoms with Crippen molar-refractivity contribution in [1.82, 2.24) is 30.5 Å². The van der Waals surface area contributed by atoms with E-state index in [9.17, 15) is 4.79 Å². The van der Waals surface area contributed by atoms with Gasteiger partial charge in [0.05, 0.1) is 19.2 Å². The first-order chi connectivity index (χ1) is 11.3. The van der Waals surface area contributed by atoms with E-state index in [1.54, 1.807) is 12.3 Å². The van der Waals surface area contributed by atoms with Crippen LogP contribution in [-0.4, -0.2) is 56.5 Å². The average molecular weight is 318 g/mol. The first-order valence-electron chi connectivity index (χ1n) is 7.47. The molecule has 0 aromatic carbocycles. The predicted molar refractivity (Wildman–Crippen MR) is 78.5 cm³/mol. The molecule has 0 aliphatic carbocycles. The van der Waals surface area contributed by atoms with E-state index in [1.807, 2.05) is 12.1 Å². The second-order valence-electron chi connectivity index (χ2n) is 5.18. The summed E-state index contributed by atoms with van der Waals surface area (Å²) in [5.74, 6) is 0.456. The number of amides is 1. The van der Waals surface area contributed by atoms with Gasteiger partial charge in [0.25, 0.3) is 0 Å². The lowest BCUT2D eigenvalue weighted by Crippen LogP contribution is -2.51. The van der Waals surface area contributed by atoms with Crippen molar-refractivity contribution in [3.8, 4) is 5.88 Å². The molecule has 1 aliphatic heterocycles. The van der Waals surface area contributed by atoms with Crippen LogP contribution in [0, 0.1) is 0 Å². The van der Waals surface area contributed by atoms with E-state index < -0.39 is 0 Å². The summed E-state index contributed by atoms with van der Waals surface area (Å²) in [5.41, 5.74) is 0. The zero-order valence-electron chi connectivity index (χ0n) is 12.5. The third kappa shape index (κ3) is 4.46. The third-order valence-corrected chi connectivity index (χ3v) is 3.52. The Morgan fingerprint density at radius 2 is 2.43 bits per heavy atom. The molecule has 3 rings (SSSR count). The number of pyridine rings is 1. The maximum Gasteiger partial charge on any atom is 0.222 e. The number of rotatable bonds is 6. The Labute approximate surface area is 133 Å². The molecule has 1 fully saturated rings. The highest BCUT2D eigenvalue weighted by atomic mass is 16.5. The Hall–Kier alpha value is -2.55. The van der Waals surface area contributed by atoms with Gasteiger partial charge in [0.2, 0.25) is 11.8 Å². The normalized spacial score (nSPS) is 20.9. The van der Waals surface area contributed by atoms with Crippen LogP contribution in [0.2, 0.25) is 0 Å². The summed E-state index contributed by atoms with van der Waals surface area (Å²) in [6.45, 7) is 1.46. The molecule has 1 saturated heterocycles. The van der Waals surface area contributed by atoms with Crippen LogP contribution in [0.4, 0.5) is 0 Å². The molecule has 2 aromatic heterocycles. The quantitative estimate of drug-likeness (QED) is 0.787. The maximum atomic E-state index is 12.1. The fraction of sp³-hybridized carbons (Fsp3) is 0.500. The molecule has 23 heavy (non-hydrogen) atoms. The second kappa shape index (κ2) is 7.63. The van der Waals surface area contributed by atoms with Crippen LogP contribution in [-0.2, 0) is 16.1 Å². The fourth-order valence-corrected chi connectivity index (χ4v) is 2.34. The highest BCUT2D eigenvalue weighted by Crippen LogP contribution is 2.15. The Morgan fingerprint density at radius 1 is 1.48 bits per heavy atom. The SMILES string of the molecule is O=C(CCn1cnnn1)N[C@@H]1CCOC[C@H]1Oc1ccccn1. The molecule has 0 spiro atoms. The molecule has 0 bridgehead atoms. The monoisotopic (exact) mass is 318 g/mol. The summed E-state index contributed by atoms with van der Waals surface area (Å²) in [5, 5.41) is 13.8. The van der Waals surface area contributed by atoms with Gasteiger partial charge in [-0.05, 0) is 22.9 Å². The standard InChI is InChI=1S/C14H18N6O3/c21-13(4-7-20-10-16-18-19-20)17-11-5-8-22-9-12(11)23-14-3-1-2-6-15-14/h1-3,6,10-12H,4-5,7-9H2,(H,17,21)/t11-,12-/m1/s1. The lowest BCUT2D eigenvalue weighted by Gasteiger charge is -2.32. The number of nitrogens with one attached hydrogen (secondary N) is 1. The zero-order valence-corrected chi connectivity index (χ0v) is 12.5. The first kappa shape index (κ1) is 15.3. The molecule has 122 valence electrons. The highest BCUT2D eigenvalue weighted by molar-refractivity contribution is 5.76. The molecule has 1 amide bonds. The average Bonchev–Trinajstić information content (AvgIpc) is 3.09. The maximum absolute atomic E-state index is 12.1. The van der Waals surface area contributed by atoms with Crippen molar-refractivity contribution in [2.75, 3.05) is 13.2 Å². The fourth-order valence-electron chi connectivity index (χ4n) is 2.34. The zero-order chi connectivity index (χ0) is 15.9. The van der Waals surface area contributed by atoms with E-state index in [2.05, 4.69) is 25.8 Å². The van der Waals surface area contributed by atoms with Gasteiger partial charge in [-0.15, -0.1) is 5.10 Å². The lowest BCUT2D eigenvalue weighted by atomic mass is 10.1. The van der Waals surface area contributed by atoms with Crippen LogP contribution in [0.25, 0.3) is 0 Å².